The molecule has 0 fully saturated rings. The largest absolute Gasteiger partial charge is 0.325 e. The van der Waals surface area contributed by atoms with Gasteiger partial charge in [0.15, 0.2) is 11.7 Å². The second-order valence-corrected chi connectivity index (χ2v) is 4.98. The Kier molecular flexibility index (Phi) is 5.25. The minimum absolute atomic E-state index is 0.135. The molecule has 1 amide bonds. The summed E-state index contributed by atoms with van der Waals surface area (Å²) in [7, 11) is 0. The Bertz CT molecular complexity index is 498. The normalized spacial score (nSPS) is 11.7. The Morgan fingerprint density at radius 2 is 1.84 bits per heavy atom. The van der Waals surface area contributed by atoms with Gasteiger partial charge in [0, 0.05) is 12.1 Å². The van der Waals surface area contributed by atoms with Crippen molar-refractivity contribution in [2.75, 3.05) is 5.32 Å². The van der Waals surface area contributed by atoms with Crippen molar-refractivity contribution in [3.8, 4) is 6.07 Å². The molecule has 0 heterocycles. The molecule has 4 nitrogen and oxygen atoms in total. The van der Waals surface area contributed by atoms with Crippen LogP contribution in [0.25, 0.3) is 0 Å². The van der Waals surface area contributed by atoms with E-state index >= 15 is 0 Å². The van der Waals surface area contributed by atoms with Crippen molar-refractivity contribution < 1.29 is 9.59 Å². The third-order valence-corrected chi connectivity index (χ3v) is 2.64. The number of nitrogens with one attached hydrogen (secondary N) is 1. The molecule has 0 aliphatic heterocycles. The summed E-state index contributed by atoms with van der Waals surface area (Å²) in [5, 5.41) is 11.6. The van der Waals surface area contributed by atoms with Crippen LogP contribution < -0.4 is 5.32 Å². The van der Waals surface area contributed by atoms with Gasteiger partial charge in [0.2, 0.25) is 5.91 Å². The van der Waals surface area contributed by atoms with E-state index in [4.69, 9.17) is 5.26 Å². The summed E-state index contributed by atoms with van der Waals surface area (Å²) >= 11 is 0. The Morgan fingerprint density at radius 1 is 1.26 bits per heavy atom. The van der Waals surface area contributed by atoms with E-state index in [1.165, 1.54) is 0 Å². The van der Waals surface area contributed by atoms with Gasteiger partial charge in [-0.2, -0.15) is 5.26 Å². The zero-order chi connectivity index (χ0) is 14.4. The lowest BCUT2D eigenvalue weighted by atomic mass is 9.96. The summed E-state index contributed by atoms with van der Waals surface area (Å²) in [6.07, 6.45) is 0.236. The van der Waals surface area contributed by atoms with Crippen LogP contribution in [0, 0.1) is 30.1 Å². The first kappa shape index (κ1) is 14.9. The van der Waals surface area contributed by atoms with Crippen LogP contribution in [-0.2, 0) is 9.59 Å². The number of carbonyl (C=O) groups is 2. The van der Waals surface area contributed by atoms with Crippen LogP contribution in [0.2, 0.25) is 0 Å². The summed E-state index contributed by atoms with van der Waals surface area (Å²) in [4.78, 5) is 23.7. The maximum absolute atomic E-state index is 11.9. The van der Waals surface area contributed by atoms with E-state index in [1.807, 2.05) is 32.9 Å². The monoisotopic (exact) mass is 258 g/mol. The lowest BCUT2D eigenvalue weighted by Crippen LogP contribution is -2.29. The molecule has 0 unspecified atom stereocenters. The molecule has 19 heavy (non-hydrogen) atoms. The lowest BCUT2D eigenvalue weighted by Gasteiger charge is -2.11. The molecular formula is C15H18N2O2. The molecule has 0 saturated heterocycles. The number of ketones is 1. The molecule has 0 radical (unpaired) electrons. The van der Waals surface area contributed by atoms with Gasteiger partial charge in [0.25, 0.3) is 0 Å². The molecule has 0 saturated carbocycles. The van der Waals surface area contributed by atoms with E-state index in [1.54, 1.807) is 18.2 Å². The number of hydrogen-bond acceptors (Lipinski definition) is 3. The quantitative estimate of drug-likeness (QED) is 0.825. The first-order valence-corrected chi connectivity index (χ1v) is 6.24. The average Bonchev–Trinajstić information content (AvgIpc) is 2.32. The van der Waals surface area contributed by atoms with Crippen LogP contribution in [-0.4, -0.2) is 11.7 Å². The van der Waals surface area contributed by atoms with Crippen LogP contribution in [0.4, 0.5) is 5.69 Å². The Labute approximate surface area is 113 Å². The minimum atomic E-state index is -1.23. The Balaban J connectivity index is 2.72. The predicted molar refractivity (Wildman–Crippen MR) is 73.4 cm³/mol. The van der Waals surface area contributed by atoms with Crippen molar-refractivity contribution in [1.29, 1.82) is 5.26 Å². The van der Waals surface area contributed by atoms with Crippen molar-refractivity contribution in [3.63, 3.8) is 0 Å². The zero-order valence-electron chi connectivity index (χ0n) is 11.4. The number of carbonyl (C=O) groups excluding carboxylic acids is 2. The Morgan fingerprint density at radius 3 is 2.32 bits per heavy atom. The van der Waals surface area contributed by atoms with Crippen molar-refractivity contribution in [3.05, 3.63) is 29.8 Å². The SMILES string of the molecule is Cc1ccc(NC(=O)[C@@H](C#N)C(=O)CC(C)C)cc1. The molecule has 1 atom stereocenters. The van der Waals surface area contributed by atoms with Gasteiger partial charge in [0.05, 0.1) is 6.07 Å². The molecular weight excluding hydrogens is 240 g/mol. The minimum Gasteiger partial charge on any atom is -0.325 e. The van der Waals surface area contributed by atoms with Crippen molar-refractivity contribution >= 4 is 17.4 Å². The molecule has 0 spiro atoms. The predicted octanol–water partition coefficient (Wildman–Crippen LogP) is 2.69. The van der Waals surface area contributed by atoms with Gasteiger partial charge in [-0.15, -0.1) is 0 Å². The third kappa shape index (κ3) is 4.55. The number of amides is 1. The highest BCUT2D eigenvalue weighted by atomic mass is 16.2. The fourth-order valence-corrected chi connectivity index (χ4v) is 1.65. The van der Waals surface area contributed by atoms with Gasteiger partial charge in [0.1, 0.15) is 0 Å². The van der Waals surface area contributed by atoms with Crippen LogP contribution >= 0.6 is 0 Å². The van der Waals surface area contributed by atoms with Crippen molar-refractivity contribution in [1.82, 2.24) is 0 Å². The van der Waals surface area contributed by atoms with Gasteiger partial charge in [-0.1, -0.05) is 31.5 Å². The zero-order valence-corrected chi connectivity index (χ0v) is 11.4. The molecule has 0 aliphatic rings. The summed E-state index contributed by atoms with van der Waals surface area (Å²) in [6, 6.07) is 8.97. The smallest absolute Gasteiger partial charge is 0.249 e. The highest BCUT2D eigenvalue weighted by Gasteiger charge is 2.26. The maximum Gasteiger partial charge on any atom is 0.249 e. The first-order chi connectivity index (χ1) is 8.93. The van der Waals surface area contributed by atoms with E-state index in [0.29, 0.717) is 5.69 Å². The summed E-state index contributed by atoms with van der Waals surface area (Å²) < 4.78 is 0. The molecule has 0 aromatic heterocycles. The number of nitrogens with zero attached hydrogens (tertiary/aromatic N) is 1. The molecule has 1 rings (SSSR count). The molecule has 100 valence electrons. The molecule has 0 bridgehead atoms. The number of aryl methyl sites for hydroxylation is 1. The van der Waals surface area contributed by atoms with E-state index in [-0.39, 0.29) is 18.1 Å². The van der Waals surface area contributed by atoms with Gasteiger partial charge in [-0.05, 0) is 25.0 Å². The number of rotatable bonds is 5. The van der Waals surface area contributed by atoms with Crippen LogP contribution in [0.15, 0.2) is 24.3 Å². The first-order valence-electron chi connectivity index (χ1n) is 6.24. The van der Waals surface area contributed by atoms with Crippen LogP contribution in [0.1, 0.15) is 25.8 Å². The number of hydrogen-bond donors (Lipinski definition) is 1. The van der Waals surface area contributed by atoms with Crippen molar-refractivity contribution in [2.45, 2.75) is 27.2 Å². The van der Waals surface area contributed by atoms with Crippen molar-refractivity contribution in [2.24, 2.45) is 11.8 Å². The van der Waals surface area contributed by atoms with Gasteiger partial charge in [-0.25, -0.2) is 0 Å². The number of benzene rings is 1. The molecule has 4 heteroatoms. The maximum atomic E-state index is 11.9. The number of Topliss-reactive ketones (excluding diaryl/α,β-unsaturated/α-hetero) is 1. The lowest BCUT2D eigenvalue weighted by molar-refractivity contribution is -0.129. The number of nitriles is 1. The van der Waals surface area contributed by atoms with Gasteiger partial charge >= 0.3 is 0 Å². The molecule has 1 aromatic carbocycles. The van der Waals surface area contributed by atoms with Crippen LogP contribution in [0.3, 0.4) is 0 Å². The topological polar surface area (TPSA) is 70.0 Å². The molecule has 1 N–H and O–H groups in total. The second-order valence-electron chi connectivity index (χ2n) is 4.98. The average molecular weight is 258 g/mol. The fourth-order valence-electron chi connectivity index (χ4n) is 1.65. The molecule has 0 aliphatic carbocycles. The van der Waals surface area contributed by atoms with Gasteiger partial charge in [-0.3, -0.25) is 9.59 Å². The fraction of sp³-hybridized carbons (Fsp3) is 0.400. The Hall–Kier alpha value is -2.15. The highest BCUT2D eigenvalue weighted by Crippen LogP contribution is 2.13. The second kappa shape index (κ2) is 6.69. The number of anilines is 1. The highest BCUT2D eigenvalue weighted by molar-refractivity contribution is 6.09. The van der Waals surface area contributed by atoms with Crippen LogP contribution in [0.5, 0.6) is 0 Å². The summed E-state index contributed by atoms with van der Waals surface area (Å²) in [5.74, 6) is -1.99. The summed E-state index contributed by atoms with van der Waals surface area (Å²) in [5.41, 5.74) is 1.67. The van der Waals surface area contributed by atoms with E-state index in [0.717, 1.165) is 5.56 Å². The van der Waals surface area contributed by atoms with Gasteiger partial charge < -0.3 is 5.32 Å². The summed E-state index contributed by atoms with van der Waals surface area (Å²) in [6.45, 7) is 5.70. The third-order valence-electron chi connectivity index (χ3n) is 2.64. The molecule has 1 aromatic rings. The van der Waals surface area contributed by atoms with E-state index in [2.05, 4.69) is 5.32 Å². The standard InChI is InChI=1S/C15H18N2O2/c1-10(2)8-14(18)13(9-16)15(19)17-12-6-4-11(3)5-7-12/h4-7,10,13H,8H2,1-3H3,(H,17,19)/t13-/m0/s1. The van der Waals surface area contributed by atoms with E-state index in [9.17, 15) is 9.59 Å². The van der Waals surface area contributed by atoms with E-state index < -0.39 is 11.8 Å².